The van der Waals surface area contributed by atoms with Crippen LogP contribution >= 0.6 is 0 Å². The molecular formula is C19H24F2N2O3. The van der Waals surface area contributed by atoms with Crippen LogP contribution in [0.15, 0.2) is 18.2 Å². The maximum absolute atomic E-state index is 13.8. The van der Waals surface area contributed by atoms with E-state index in [1.54, 1.807) is 9.80 Å². The van der Waals surface area contributed by atoms with E-state index >= 15 is 0 Å². The highest BCUT2D eigenvalue weighted by atomic mass is 19.2. The molecule has 1 N–H and O–H groups in total. The summed E-state index contributed by atoms with van der Waals surface area (Å²) in [6, 6.07) is 3.87. The van der Waals surface area contributed by atoms with Crippen molar-refractivity contribution >= 4 is 11.8 Å². The van der Waals surface area contributed by atoms with Gasteiger partial charge in [-0.15, -0.1) is 0 Å². The van der Waals surface area contributed by atoms with Gasteiger partial charge in [0.05, 0.1) is 13.0 Å². The number of piperidine rings is 2. The second kappa shape index (κ2) is 7.70. The minimum absolute atomic E-state index is 0.0370. The lowest BCUT2D eigenvalue weighted by atomic mass is 9.73. The fourth-order valence-electron chi connectivity index (χ4n) is 4.14. The van der Waals surface area contributed by atoms with Crippen molar-refractivity contribution in [3.8, 4) is 0 Å². The molecule has 2 heterocycles. The van der Waals surface area contributed by atoms with E-state index in [1.807, 2.05) is 0 Å². The Kier molecular flexibility index (Phi) is 5.55. The van der Waals surface area contributed by atoms with Crippen LogP contribution in [-0.2, 0) is 16.0 Å². The van der Waals surface area contributed by atoms with Crippen LogP contribution < -0.4 is 0 Å². The highest BCUT2D eigenvalue weighted by Gasteiger charge is 2.42. The Labute approximate surface area is 151 Å². The van der Waals surface area contributed by atoms with Crippen molar-refractivity contribution in [2.45, 2.75) is 32.1 Å². The van der Waals surface area contributed by atoms with E-state index < -0.39 is 11.6 Å². The van der Waals surface area contributed by atoms with Crippen LogP contribution in [-0.4, -0.2) is 59.5 Å². The van der Waals surface area contributed by atoms with Gasteiger partial charge < -0.3 is 14.9 Å². The van der Waals surface area contributed by atoms with Gasteiger partial charge in [-0.3, -0.25) is 9.59 Å². The molecule has 1 unspecified atom stereocenters. The van der Waals surface area contributed by atoms with E-state index in [1.165, 1.54) is 12.1 Å². The van der Waals surface area contributed by atoms with E-state index in [0.717, 1.165) is 18.9 Å². The first kappa shape index (κ1) is 18.8. The topological polar surface area (TPSA) is 60.9 Å². The SMILES string of the molecule is O=C1CCC2(CCCN(C(=O)Cc3cccc(F)c3F)C2)CN1CCO. The molecule has 0 aromatic heterocycles. The molecule has 2 aliphatic heterocycles. The van der Waals surface area contributed by atoms with Crippen molar-refractivity contribution in [3.63, 3.8) is 0 Å². The van der Waals surface area contributed by atoms with Gasteiger partial charge in [0.1, 0.15) is 0 Å². The molecule has 5 nitrogen and oxygen atoms in total. The zero-order valence-electron chi connectivity index (χ0n) is 14.7. The lowest BCUT2D eigenvalue weighted by molar-refractivity contribution is -0.143. The van der Waals surface area contributed by atoms with Crippen molar-refractivity contribution in [1.29, 1.82) is 0 Å². The summed E-state index contributed by atoms with van der Waals surface area (Å²) in [7, 11) is 0. The third kappa shape index (κ3) is 3.87. The number of rotatable bonds is 4. The van der Waals surface area contributed by atoms with E-state index in [-0.39, 0.29) is 35.8 Å². The zero-order valence-corrected chi connectivity index (χ0v) is 14.7. The van der Waals surface area contributed by atoms with E-state index in [9.17, 15) is 18.4 Å². The number of hydrogen-bond acceptors (Lipinski definition) is 3. The first-order valence-corrected chi connectivity index (χ1v) is 9.03. The van der Waals surface area contributed by atoms with Crippen LogP contribution in [0.4, 0.5) is 8.78 Å². The molecule has 142 valence electrons. The number of hydrogen-bond donors (Lipinski definition) is 1. The summed E-state index contributed by atoms with van der Waals surface area (Å²) >= 11 is 0. The van der Waals surface area contributed by atoms with Crippen LogP contribution in [0.5, 0.6) is 0 Å². The second-order valence-electron chi connectivity index (χ2n) is 7.35. The normalized spacial score (nSPS) is 23.6. The predicted molar refractivity (Wildman–Crippen MR) is 91.2 cm³/mol. The van der Waals surface area contributed by atoms with Gasteiger partial charge in [-0.05, 0) is 25.3 Å². The summed E-state index contributed by atoms with van der Waals surface area (Å²) < 4.78 is 27.2. The first-order valence-electron chi connectivity index (χ1n) is 9.03. The van der Waals surface area contributed by atoms with Crippen LogP contribution in [0.2, 0.25) is 0 Å². The number of nitrogens with zero attached hydrogens (tertiary/aromatic N) is 2. The highest BCUT2D eigenvalue weighted by molar-refractivity contribution is 5.79. The first-order chi connectivity index (χ1) is 12.4. The number of benzene rings is 1. The second-order valence-corrected chi connectivity index (χ2v) is 7.35. The molecule has 0 bridgehead atoms. The van der Waals surface area contributed by atoms with Crippen LogP contribution in [0, 0.1) is 17.0 Å². The lowest BCUT2D eigenvalue weighted by Gasteiger charge is -2.48. The molecule has 1 spiro atoms. The summed E-state index contributed by atoms with van der Waals surface area (Å²) in [6.45, 7) is 1.86. The smallest absolute Gasteiger partial charge is 0.227 e. The van der Waals surface area contributed by atoms with Crippen molar-refractivity contribution in [2.24, 2.45) is 5.41 Å². The number of β-amino-alcohol motifs (C(OH)–C–C–N with tert-alkyl or cyclic N) is 1. The molecule has 0 saturated carbocycles. The Morgan fingerprint density at radius 3 is 2.81 bits per heavy atom. The molecule has 2 fully saturated rings. The molecule has 2 aliphatic rings. The number of carbonyl (C=O) groups excluding carboxylic acids is 2. The molecule has 2 saturated heterocycles. The Bertz CT molecular complexity index is 697. The van der Waals surface area contributed by atoms with Crippen molar-refractivity contribution < 1.29 is 23.5 Å². The predicted octanol–water partition coefficient (Wildman–Crippen LogP) is 1.73. The summed E-state index contributed by atoms with van der Waals surface area (Å²) in [5, 5.41) is 9.15. The van der Waals surface area contributed by atoms with Gasteiger partial charge in [-0.2, -0.15) is 0 Å². The van der Waals surface area contributed by atoms with Crippen molar-refractivity contribution in [3.05, 3.63) is 35.4 Å². The largest absolute Gasteiger partial charge is 0.395 e. The number of halogens is 2. The molecule has 26 heavy (non-hydrogen) atoms. The van der Waals surface area contributed by atoms with Crippen LogP contribution in [0.1, 0.15) is 31.2 Å². The van der Waals surface area contributed by atoms with E-state index in [0.29, 0.717) is 39.0 Å². The number of likely N-dealkylation sites (tertiary alicyclic amines) is 2. The van der Waals surface area contributed by atoms with Gasteiger partial charge in [0.25, 0.3) is 0 Å². The molecular weight excluding hydrogens is 342 g/mol. The molecule has 7 heteroatoms. The molecule has 1 aromatic rings. The Morgan fingerprint density at radius 1 is 1.23 bits per heavy atom. The average Bonchev–Trinajstić information content (AvgIpc) is 2.63. The minimum atomic E-state index is -0.968. The highest BCUT2D eigenvalue weighted by Crippen LogP contribution is 2.39. The third-order valence-corrected chi connectivity index (χ3v) is 5.51. The molecule has 3 rings (SSSR count). The third-order valence-electron chi connectivity index (χ3n) is 5.51. The lowest BCUT2D eigenvalue weighted by Crippen LogP contribution is -2.55. The van der Waals surface area contributed by atoms with Gasteiger partial charge in [-0.1, -0.05) is 12.1 Å². The van der Waals surface area contributed by atoms with Gasteiger partial charge in [0, 0.05) is 43.6 Å². The van der Waals surface area contributed by atoms with E-state index in [2.05, 4.69) is 0 Å². The number of aliphatic hydroxyl groups excluding tert-OH is 1. The molecule has 0 aliphatic carbocycles. The summed E-state index contributed by atoms with van der Waals surface area (Å²) in [4.78, 5) is 28.0. The standard InChI is InChI=1S/C19H24F2N2O3/c20-15-4-1-3-14(18(15)21)11-17(26)22-8-2-6-19(12-22)7-5-16(25)23(13-19)9-10-24/h1,3-4,24H,2,5-13H2. The number of aliphatic hydroxyl groups is 1. The van der Waals surface area contributed by atoms with E-state index in [4.69, 9.17) is 5.11 Å². The fourth-order valence-corrected chi connectivity index (χ4v) is 4.14. The average molecular weight is 366 g/mol. The van der Waals surface area contributed by atoms with Crippen molar-refractivity contribution in [1.82, 2.24) is 9.80 Å². The maximum atomic E-state index is 13.8. The summed E-state index contributed by atoms with van der Waals surface area (Å²) in [5.74, 6) is -2.10. The zero-order chi connectivity index (χ0) is 18.7. The fraction of sp³-hybridized carbons (Fsp3) is 0.579. The van der Waals surface area contributed by atoms with Crippen molar-refractivity contribution in [2.75, 3.05) is 32.8 Å². The minimum Gasteiger partial charge on any atom is -0.395 e. The van der Waals surface area contributed by atoms with Gasteiger partial charge in [-0.25, -0.2) is 8.78 Å². The van der Waals surface area contributed by atoms with Gasteiger partial charge in [0.2, 0.25) is 11.8 Å². The van der Waals surface area contributed by atoms with Crippen LogP contribution in [0.25, 0.3) is 0 Å². The molecule has 1 aromatic carbocycles. The molecule has 0 radical (unpaired) electrons. The summed E-state index contributed by atoms with van der Waals surface area (Å²) in [6.07, 6.45) is 2.70. The Morgan fingerprint density at radius 2 is 2.04 bits per heavy atom. The molecule has 1 atom stereocenters. The van der Waals surface area contributed by atoms with Gasteiger partial charge in [0.15, 0.2) is 11.6 Å². The van der Waals surface area contributed by atoms with Crippen LogP contribution in [0.3, 0.4) is 0 Å². The summed E-state index contributed by atoms with van der Waals surface area (Å²) in [5.41, 5.74) is -0.104. The molecule has 2 amide bonds. The van der Waals surface area contributed by atoms with Gasteiger partial charge >= 0.3 is 0 Å². The monoisotopic (exact) mass is 366 g/mol. The quantitative estimate of drug-likeness (QED) is 0.883. The maximum Gasteiger partial charge on any atom is 0.227 e. The Hall–Kier alpha value is -2.02. The Balaban J connectivity index is 1.69. The number of carbonyl (C=O) groups is 2. The number of amides is 2.